The van der Waals surface area contributed by atoms with Crippen LogP contribution in [0.3, 0.4) is 0 Å². The molecule has 5 aromatic rings. The summed E-state index contributed by atoms with van der Waals surface area (Å²) in [6.07, 6.45) is 0.881. The van der Waals surface area contributed by atoms with Crippen LogP contribution in [0, 0.1) is 0 Å². The Balaban J connectivity index is 1.44. The molecule has 0 aliphatic rings. The molecule has 0 fully saturated rings. The van der Waals surface area contributed by atoms with Crippen molar-refractivity contribution in [1.82, 2.24) is 23.9 Å². The van der Waals surface area contributed by atoms with Crippen LogP contribution in [0.25, 0.3) is 28.4 Å². The largest absolute Gasteiger partial charge is 0.434 e. The Hall–Kier alpha value is -3.94. The molecule has 3 aromatic heterocycles. The van der Waals surface area contributed by atoms with E-state index in [1.165, 1.54) is 10.1 Å². The molecule has 0 radical (unpaired) electrons. The van der Waals surface area contributed by atoms with Gasteiger partial charge in [0.05, 0.1) is 0 Å². The highest BCUT2D eigenvalue weighted by molar-refractivity contribution is 5.64. The van der Waals surface area contributed by atoms with Crippen molar-refractivity contribution in [3.63, 3.8) is 0 Å². The van der Waals surface area contributed by atoms with Gasteiger partial charge in [0.15, 0.2) is 11.5 Å². The molecule has 0 bridgehead atoms. The van der Waals surface area contributed by atoms with Gasteiger partial charge < -0.3 is 4.57 Å². The Morgan fingerprint density at radius 3 is 2.37 bits per heavy atom. The van der Waals surface area contributed by atoms with Crippen LogP contribution >= 0.6 is 0 Å². The first kappa shape index (κ1) is 22.8. The zero-order valence-electron chi connectivity index (χ0n) is 19.6. The molecule has 3 heterocycles. The van der Waals surface area contributed by atoms with Gasteiger partial charge in [-0.1, -0.05) is 62.4 Å². The van der Waals surface area contributed by atoms with Gasteiger partial charge in [-0.2, -0.15) is 13.2 Å². The molecule has 0 saturated heterocycles. The molecule has 5 rings (SSSR count). The highest BCUT2D eigenvalue weighted by Crippen LogP contribution is 2.31. The Labute approximate surface area is 200 Å². The van der Waals surface area contributed by atoms with E-state index < -0.39 is 11.9 Å². The van der Waals surface area contributed by atoms with Crippen molar-refractivity contribution in [3.8, 4) is 22.8 Å². The second kappa shape index (κ2) is 8.69. The predicted molar refractivity (Wildman–Crippen MR) is 129 cm³/mol. The molecule has 0 N–H and O–H groups in total. The fourth-order valence-electron chi connectivity index (χ4n) is 4.28. The Morgan fingerprint density at radius 2 is 1.69 bits per heavy atom. The zero-order valence-corrected chi connectivity index (χ0v) is 19.6. The van der Waals surface area contributed by atoms with Gasteiger partial charge in [0, 0.05) is 42.6 Å². The molecule has 0 amide bonds. The quantitative estimate of drug-likeness (QED) is 0.290. The van der Waals surface area contributed by atoms with Gasteiger partial charge in [0.2, 0.25) is 0 Å². The lowest BCUT2D eigenvalue weighted by atomic mass is 9.97. The predicted octanol–water partition coefficient (Wildman–Crippen LogP) is 6.53. The van der Waals surface area contributed by atoms with Gasteiger partial charge in [-0.25, -0.2) is 15.0 Å². The van der Waals surface area contributed by atoms with E-state index in [9.17, 15) is 13.2 Å². The fourth-order valence-corrected chi connectivity index (χ4v) is 4.28. The molecule has 0 unspecified atom stereocenters. The van der Waals surface area contributed by atoms with Crippen LogP contribution in [0.4, 0.5) is 13.2 Å². The summed E-state index contributed by atoms with van der Waals surface area (Å²) >= 11 is 0. The van der Waals surface area contributed by atoms with E-state index in [0.717, 1.165) is 28.5 Å². The maximum atomic E-state index is 13.0. The van der Waals surface area contributed by atoms with Crippen molar-refractivity contribution in [2.75, 3.05) is 0 Å². The summed E-state index contributed by atoms with van der Waals surface area (Å²) in [6, 6.07) is 17.6. The van der Waals surface area contributed by atoms with Gasteiger partial charge in [0.25, 0.3) is 0 Å². The van der Waals surface area contributed by atoms with Crippen LogP contribution < -0.4 is 0 Å². The number of alkyl halides is 3. The second-order valence-corrected chi connectivity index (χ2v) is 8.93. The number of aromatic nitrogens is 5. The maximum absolute atomic E-state index is 13.0. The summed E-state index contributed by atoms with van der Waals surface area (Å²) in [5.41, 5.74) is 4.85. The third kappa shape index (κ3) is 4.43. The number of halogens is 3. The standard InChI is InChI=1S/C27H24F3N5/c1-17(2)21-6-4-5-7-22(21)24-31-16-35-13-12-20(26(35)33-24)14-18-8-10-19(11-9-18)25-32-23(15-34(25)3)27(28,29)30/h4-13,15-17H,14H2,1-3H3. The average Bonchev–Trinajstić information content (AvgIpc) is 3.43. The van der Waals surface area contributed by atoms with Crippen molar-refractivity contribution in [2.45, 2.75) is 32.4 Å². The SMILES string of the molecule is CC(C)c1ccccc1-c1ncn2ccc(Cc3ccc(-c4nc(C(F)(F)F)cn4C)cc3)c2n1. The molecule has 0 spiro atoms. The van der Waals surface area contributed by atoms with Gasteiger partial charge in [-0.05, 0) is 23.1 Å². The van der Waals surface area contributed by atoms with E-state index in [1.54, 1.807) is 25.5 Å². The smallest absolute Gasteiger partial charge is 0.333 e. The van der Waals surface area contributed by atoms with Crippen LogP contribution in [0.15, 0.2) is 73.3 Å². The number of imidazole rings is 1. The van der Waals surface area contributed by atoms with Crippen LogP contribution in [-0.2, 0) is 19.6 Å². The van der Waals surface area contributed by atoms with E-state index >= 15 is 0 Å². The molecule has 5 nitrogen and oxygen atoms in total. The molecule has 0 atom stereocenters. The molecular formula is C27H24F3N5. The molecule has 0 aliphatic heterocycles. The molecule has 178 valence electrons. The lowest BCUT2D eigenvalue weighted by molar-refractivity contribution is -0.140. The number of rotatable bonds is 5. The fraction of sp³-hybridized carbons (Fsp3) is 0.222. The maximum Gasteiger partial charge on any atom is 0.434 e. The van der Waals surface area contributed by atoms with Gasteiger partial charge >= 0.3 is 6.18 Å². The number of nitrogens with zero attached hydrogens (tertiary/aromatic N) is 5. The summed E-state index contributed by atoms with van der Waals surface area (Å²) in [4.78, 5) is 13.2. The minimum atomic E-state index is -4.47. The topological polar surface area (TPSA) is 48.0 Å². The third-order valence-corrected chi connectivity index (χ3v) is 6.08. The van der Waals surface area contributed by atoms with Crippen LogP contribution in [0.1, 0.15) is 42.1 Å². The minimum Gasteiger partial charge on any atom is -0.333 e. The molecule has 0 aliphatic carbocycles. The van der Waals surface area contributed by atoms with Crippen molar-refractivity contribution in [3.05, 3.63) is 95.7 Å². The summed E-state index contributed by atoms with van der Waals surface area (Å²) in [7, 11) is 1.56. The lowest BCUT2D eigenvalue weighted by Crippen LogP contribution is -2.04. The van der Waals surface area contributed by atoms with Gasteiger partial charge in [0.1, 0.15) is 17.8 Å². The number of aryl methyl sites for hydroxylation is 1. The minimum absolute atomic E-state index is 0.277. The number of hydrogen-bond donors (Lipinski definition) is 0. The average molecular weight is 476 g/mol. The highest BCUT2D eigenvalue weighted by atomic mass is 19.4. The normalized spacial score (nSPS) is 12.1. The number of benzene rings is 2. The summed E-state index contributed by atoms with van der Waals surface area (Å²) < 4.78 is 42.3. The molecule has 8 heteroatoms. The van der Waals surface area contributed by atoms with Gasteiger partial charge in [-0.3, -0.25) is 4.40 Å². The Bertz CT molecular complexity index is 1490. The lowest BCUT2D eigenvalue weighted by Gasteiger charge is -2.11. The third-order valence-electron chi connectivity index (χ3n) is 6.08. The molecule has 2 aromatic carbocycles. The first-order valence-corrected chi connectivity index (χ1v) is 11.3. The molecule has 35 heavy (non-hydrogen) atoms. The zero-order chi connectivity index (χ0) is 24.7. The van der Waals surface area contributed by atoms with Crippen molar-refractivity contribution in [2.24, 2.45) is 7.05 Å². The Morgan fingerprint density at radius 1 is 0.943 bits per heavy atom. The molecule has 0 saturated carbocycles. The number of hydrogen-bond acceptors (Lipinski definition) is 3. The van der Waals surface area contributed by atoms with Crippen LogP contribution in [0.5, 0.6) is 0 Å². The summed E-state index contributed by atoms with van der Waals surface area (Å²) in [5.74, 6) is 1.31. The van der Waals surface area contributed by atoms with Crippen LogP contribution in [-0.4, -0.2) is 23.9 Å². The van der Waals surface area contributed by atoms with Crippen molar-refractivity contribution < 1.29 is 13.2 Å². The van der Waals surface area contributed by atoms with E-state index in [0.29, 0.717) is 23.7 Å². The van der Waals surface area contributed by atoms with E-state index in [-0.39, 0.29) is 5.82 Å². The van der Waals surface area contributed by atoms with Crippen LogP contribution in [0.2, 0.25) is 0 Å². The second-order valence-electron chi connectivity index (χ2n) is 8.93. The first-order valence-electron chi connectivity index (χ1n) is 11.3. The van der Waals surface area contributed by atoms with Crippen molar-refractivity contribution in [1.29, 1.82) is 0 Å². The van der Waals surface area contributed by atoms with E-state index in [1.807, 2.05) is 47.0 Å². The molecular weight excluding hydrogens is 451 g/mol. The highest BCUT2D eigenvalue weighted by Gasteiger charge is 2.34. The first-order chi connectivity index (χ1) is 16.7. The van der Waals surface area contributed by atoms with Crippen molar-refractivity contribution >= 4 is 5.65 Å². The number of fused-ring (bicyclic) bond motifs is 1. The summed E-state index contributed by atoms with van der Waals surface area (Å²) in [6.45, 7) is 4.30. The monoisotopic (exact) mass is 475 g/mol. The Kier molecular flexibility index (Phi) is 5.67. The van der Waals surface area contributed by atoms with Gasteiger partial charge in [-0.15, -0.1) is 0 Å². The summed E-state index contributed by atoms with van der Waals surface area (Å²) in [5, 5.41) is 0. The van der Waals surface area contributed by atoms with E-state index in [2.05, 4.69) is 29.9 Å². The van der Waals surface area contributed by atoms with E-state index in [4.69, 9.17) is 4.98 Å².